The molecule has 3 rings (SSSR count). The molecule has 0 atom stereocenters. The van der Waals surface area contributed by atoms with Crippen LogP contribution in [0.3, 0.4) is 0 Å². The zero-order chi connectivity index (χ0) is 19.6. The summed E-state index contributed by atoms with van der Waals surface area (Å²) < 4.78 is 28.1. The lowest BCUT2D eigenvalue weighted by Crippen LogP contribution is -2.38. The minimum Gasteiger partial charge on any atom is -0.378 e. The maximum absolute atomic E-state index is 12.3. The van der Waals surface area contributed by atoms with Crippen molar-refractivity contribution in [2.24, 2.45) is 4.40 Å². The average molecular weight is 386 g/mol. The molecule has 1 amide bonds. The van der Waals surface area contributed by atoms with Crippen LogP contribution in [0.2, 0.25) is 0 Å². The van der Waals surface area contributed by atoms with Gasteiger partial charge < -0.3 is 15.1 Å². The predicted molar refractivity (Wildman–Crippen MR) is 105 cm³/mol. The number of fused-ring (bicyclic) bond motifs is 1. The van der Waals surface area contributed by atoms with Crippen LogP contribution in [0.4, 0.5) is 5.69 Å². The van der Waals surface area contributed by atoms with Crippen LogP contribution >= 0.6 is 0 Å². The van der Waals surface area contributed by atoms with Crippen molar-refractivity contribution in [1.82, 2.24) is 10.2 Å². The number of hydrogen-bond donors (Lipinski definition) is 1. The second kappa shape index (κ2) is 7.40. The molecule has 0 radical (unpaired) electrons. The molecule has 0 fully saturated rings. The predicted octanol–water partition coefficient (Wildman–Crippen LogP) is 1.45. The normalized spacial score (nSPS) is 14.3. The van der Waals surface area contributed by atoms with Crippen molar-refractivity contribution in [3.05, 3.63) is 59.7 Å². The highest BCUT2D eigenvalue weighted by molar-refractivity contribution is 7.90. The summed E-state index contributed by atoms with van der Waals surface area (Å²) in [6.45, 7) is 0.417. The number of anilines is 1. The van der Waals surface area contributed by atoms with E-state index in [1.807, 2.05) is 43.3 Å². The van der Waals surface area contributed by atoms with Crippen LogP contribution in [0.15, 0.2) is 57.8 Å². The highest BCUT2D eigenvalue weighted by Crippen LogP contribution is 2.26. The summed E-state index contributed by atoms with van der Waals surface area (Å²) in [6, 6.07) is 14.5. The molecule has 1 N–H and O–H groups in total. The molecule has 1 aliphatic heterocycles. The van der Waals surface area contributed by atoms with Crippen LogP contribution in [-0.4, -0.2) is 52.7 Å². The Labute approximate surface area is 159 Å². The Bertz CT molecular complexity index is 982. The van der Waals surface area contributed by atoms with Crippen molar-refractivity contribution in [1.29, 1.82) is 0 Å². The van der Waals surface area contributed by atoms with E-state index in [9.17, 15) is 13.2 Å². The van der Waals surface area contributed by atoms with Gasteiger partial charge in [0.05, 0.1) is 6.54 Å². The smallest absolute Gasteiger partial charge is 0.285 e. The molecule has 0 unspecified atom stereocenters. The van der Waals surface area contributed by atoms with Crippen LogP contribution in [0.1, 0.15) is 11.1 Å². The van der Waals surface area contributed by atoms with Gasteiger partial charge in [-0.1, -0.05) is 24.3 Å². The second-order valence-electron chi connectivity index (χ2n) is 6.58. The Morgan fingerprint density at radius 3 is 2.37 bits per heavy atom. The van der Waals surface area contributed by atoms with Gasteiger partial charge in [0.15, 0.2) is 5.84 Å². The molecule has 27 heavy (non-hydrogen) atoms. The number of likely N-dealkylation sites (N-methyl/N-ethyl adjacent to an activating group) is 1. The minimum absolute atomic E-state index is 0.0124. The molecule has 8 heteroatoms. The summed E-state index contributed by atoms with van der Waals surface area (Å²) in [4.78, 5) is 16.0. The Morgan fingerprint density at radius 2 is 1.70 bits per heavy atom. The first-order valence-corrected chi connectivity index (χ1v) is 9.90. The molecule has 0 aromatic heterocycles. The second-order valence-corrected chi connectivity index (χ2v) is 8.15. The van der Waals surface area contributed by atoms with E-state index in [-0.39, 0.29) is 23.2 Å². The van der Waals surface area contributed by atoms with Crippen LogP contribution in [0, 0.1) is 0 Å². The summed E-state index contributed by atoms with van der Waals surface area (Å²) in [7, 11) is 1.90. The molecule has 142 valence electrons. The Hall–Kier alpha value is -2.87. The van der Waals surface area contributed by atoms with Gasteiger partial charge in [-0.25, -0.2) is 0 Å². The number of nitrogens with zero attached hydrogens (tertiary/aromatic N) is 3. The van der Waals surface area contributed by atoms with Gasteiger partial charge >= 0.3 is 0 Å². The van der Waals surface area contributed by atoms with E-state index in [0.29, 0.717) is 12.1 Å². The number of carbonyl (C=O) groups is 1. The van der Waals surface area contributed by atoms with Crippen LogP contribution < -0.4 is 10.2 Å². The van der Waals surface area contributed by atoms with E-state index >= 15 is 0 Å². The third-order valence-electron chi connectivity index (χ3n) is 4.30. The van der Waals surface area contributed by atoms with Crippen molar-refractivity contribution in [2.45, 2.75) is 11.4 Å². The lowest BCUT2D eigenvalue weighted by Gasteiger charge is -2.18. The van der Waals surface area contributed by atoms with E-state index in [0.717, 1.165) is 11.3 Å². The van der Waals surface area contributed by atoms with Gasteiger partial charge in [0.1, 0.15) is 4.90 Å². The van der Waals surface area contributed by atoms with Crippen molar-refractivity contribution in [3.8, 4) is 0 Å². The van der Waals surface area contributed by atoms with Crippen LogP contribution in [0.5, 0.6) is 0 Å². The van der Waals surface area contributed by atoms with Gasteiger partial charge in [-0.05, 0) is 29.8 Å². The topological polar surface area (TPSA) is 82.1 Å². The zero-order valence-corrected chi connectivity index (χ0v) is 16.3. The van der Waals surface area contributed by atoms with Gasteiger partial charge in [-0.2, -0.15) is 8.42 Å². The molecule has 1 heterocycles. The number of benzene rings is 2. The molecule has 1 aliphatic rings. The largest absolute Gasteiger partial charge is 0.378 e. The van der Waals surface area contributed by atoms with E-state index < -0.39 is 10.0 Å². The van der Waals surface area contributed by atoms with Gasteiger partial charge in [0.25, 0.3) is 10.0 Å². The van der Waals surface area contributed by atoms with E-state index in [1.54, 1.807) is 30.1 Å². The zero-order valence-electron chi connectivity index (χ0n) is 15.5. The van der Waals surface area contributed by atoms with Gasteiger partial charge in [0, 0.05) is 38.9 Å². The fourth-order valence-electron chi connectivity index (χ4n) is 2.82. The first kappa shape index (κ1) is 18.9. The first-order valence-electron chi connectivity index (χ1n) is 8.46. The molecular weight excluding hydrogens is 364 g/mol. The van der Waals surface area contributed by atoms with Crippen molar-refractivity contribution < 1.29 is 13.2 Å². The first-order chi connectivity index (χ1) is 12.8. The minimum atomic E-state index is -3.69. The molecule has 0 aliphatic carbocycles. The van der Waals surface area contributed by atoms with Gasteiger partial charge in [-0.3, -0.25) is 4.79 Å². The maximum Gasteiger partial charge on any atom is 0.285 e. The van der Waals surface area contributed by atoms with Crippen molar-refractivity contribution >= 4 is 27.5 Å². The fraction of sp³-hybridized carbons (Fsp3) is 0.263. The summed E-state index contributed by atoms with van der Waals surface area (Å²) in [5, 5.41) is 2.85. The third-order valence-corrected chi connectivity index (χ3v) is 5.62. The molecule has 0 spiro atoms. The average Bonchev–Trinajstić information content (AvgIpc) is 2.92. The number of nitrogens with one attached hydrogen (secondary N) is 1. The molecule has 0 saturated carbocycles. The third kappa shape index (κ3) is 4.11. The molecule has 2 aromatic rings. The number of rotatable bonds is 5. The Balaban J connectivity index is 1.61. The summed E-state index contributed by atoms with van der Waals surface area (Å²) in [5.74, 6) is 0.0785. The van der Waals surface area contributed by atoms with Gasteiger partial charge in [-0.15, -0.1) is 4.40 Å². The van der Waals surface area contributed by atoms with E-state index in [1.165, 1.54) is 6.07 Å². The quantitative estimate of drug-likeness (QED) is 0.841. The Kier molecular flexibility index (Phi) is 5.18. The fourth-order valence-corrected chi connectivity index (χ4v) is 4.07. The molecule has 2 aromatic carbocycles. The standard InChI is InChI=1S/C19H22N4O3S/c1-22(2)15-10-8-14(9-11-15)12-20-18(24)13-23(3)19-16-6-4-5-7-17(16)27(25,26)21-19/h4-11H,12-13H2,1-3H3,(H,20,24). The highest BCUT2D eigenvalue weighted by atomic mass is 32.2. The number of sulfonamides is 1. The maximum atomic E-state index is 12.3. The monoisotopic (exact) mass is 386 g/mol. The number of amides is 1. The molecular formula is C19H22N4O3S. The Morgan fingerprint density at radius 1 is 1.04 bits per heavy atom. The SMILES string of the molecule is CN(CC(=O)NCc1ccc(N(C)C)cc1)C1=NS(=O)(=O)c2ccccc21. The van der Waals surface area contributed by atoms with E-state index in [2.05, 4.69) is 9.71 Å². The highest BCUT2D eigenvalue weighted by Gasteiger charge is 2.30. The van der Waals surface area contributed by atoms with Crippen LogP contribution in [0.25, 0.3) is 0 Å². The van der Waals surface area contributed by atoms with Crippen LogP contribution in [-0.2, 0) is 21.4 Å². The molecule has 0 bridgehead atoms. The molecule has 7 nitrogen and oxygen atoms in total. The lowest BCUT2D eigenvalue weighted by atomic mass is 10.2. The number of hydrogen-bond acceptors (Lipinski definition) is 5. The number of amidine groups is 1. The lowest BCUT2D eigenvalue weighted by molar-refractivity contribution is -0.121. The van der Waals surface area contributed by atoms with Gasteiger partial charge in [0.2, 0.25) is 5.91 Å². The molecule has 0 saturated heterocycles. The van der Waals surface area contributed by atoms with Crippen molar-refractivity contribution in [2.75, 3.05) is 32.6 Å². The number of carbonyl (C=O) groups excluding carboxylic acids is 1. The van der Waals surface area contributed by atoms with Crippen molar-refractivity contribution in [3.63, 3.8) is 0 Å². The summed E-state index contributed by atoms with van der Waals surface area (Å²) in [6.07, 6.45) is 0. The van der Waals surface area contributed by atoms with E-state index in [4.69, 9.17) is 0 Å². The summed E-state index contributed by atoms with van der Waals surface area (Å²) in [5.41, 5.74) is 2.60. The summed E-state index contributed by atoms with van der Waals surface area (Å²) >= 11 is 0.